The first-order chi connectivity index (χ1) is 13.0. The maximum Gasteiger partial charge on any atom is 0.308 e. The Labute approximate surface area is 163 Å². The fourth-order valence-corrected chi connectivity index (χ4v) is 5.09. The van der Waals surface area contributed by atoms with Gasteiger partial charge in [-0.15, -0.1) is 0 Å². The Morgan fingerprint density at radius 2 is 1.59 bits per heavy atom. The molecule has 27 heavy (non-hydrogen) atoms. The molecule has 138 valence electrons. The van der Waals surface area contributed by atoms with E-state index in [9.17, 15) is 9.90 Å². The average Bonchev–Trinajstić information content (AvgIpc) is 2.65. The van der Waals surface area contributed by atoms with Crippen LogP contribution in [0.15, 0.2) is 77.7 Å². The number of aromatic hydroxyl groups is 1. The van der Waals surface area contributed by atoms with E-state index in [-0.39, 0.29) is 22.6 Å². The number of rotatable bonds is 6. The topological polar surface area (TPSA) is 46.5 Å². The van der Waals surface area contributed by atoms with Gasteiger partial charge in [0.1, 0.15) is 23.0 Å². The second-order valence-electron chi connectivity index (χ2n) is 6.44. The molecule has 0 spiro atoms. The van der Waals surface area contributed by atoms with Crippen LogP contribution < -0.4 is 4.74 Å². The lowest BCUT2D eigenvalue weighted by molar-refractivity contribution is -0.131. The lowest BCUT2D eigenvalue weighted by atomic mass is 10.1. The van der Waals surface area contributed by atoms with E-state index < -0.39 is 0 Å². The molecule has 0 radical (unpaired) electrons. The van der Waals surface area contributed by atoms with Gasteiger partial charge in [0.15, 0.2) is 4.90 Å². The van der Waals surface area contributed by atoms with Crippen molar-refractivity contribution in [1.29, 1.82) is 0 Å². The predicted molar refractivity (Wildman–Crippen MR) is 110 cm³/mol. The number of ether oxygens (including phenoxy) is 1. The highest BCUT2D eigenvalue weighted by molar-refractivity contribution is 7.95. The Kier molecular flexibility index (Phi) is 6.20. The molecule has 0 aliphatic rings. The summed E-state index contributed by atoms with van der Waals surface area (Å²) in [7, 11) is -0.0498. The molecule has 0 bridgehead atoms. The van der Waals surface area contributed by atoms with Gasteiger partial charge in [0.2, 0.25) is 0 Å². The van der Waals surface area contributed by atoms with Gasteiger partial charge in [-0.2, -0.15) is 0 Å². The molecule has 4 heteroatoms. The minimum absolute atomic E-state index is 0.0498. The molecule has 1 atom stereocenters. The molecule has 1 N–H and O–H groups in total. The van der Waals surface area contributed by atoms with Crippen LogP contribution in [0.3, 0.4) is 0 Å². The second-order valence-corrected chi connectivity index (χ2v) is 8.47. The van der Waals surface area contributed by atoms with Crippen molar-refractivity contribution in [1.82, 2.24) is 0 Å². The molecule has 3 aromatic rings. The van der Waals surface area contributed by atoms with Crippen LogP contribution in [0.4, 0.5) is 0 Å². The molecule has 1 unspecified atom stereocenters. The van der Waals surface area contributed by atoms with E-state index in [1.807, 2.05) is 36.4 Å². The molecule has 0 saturated heterocycles. The summed E-state index contributed by atoms with van der Waals surface area (Å²) in [5.41, 5.74) is 3.81. The Morgan fingerprint density at radius 3 is 2.22 bits per heavy atom. The third-order valence-electron chi connectivity index (χ3n) is 4.29. The van der Waals surface area contributed by atoms with Crippen molar-refractivity contribution in [2.24, 2.45) is 0 Å². The molecule has 0 heterocycles. The van der Waals surface area contributed by atoms with E-state index in [4.69, 9.17) is 4.74 Å². The summed E-state index contributed by atoms with van der Waals surface area (Å²) in [6.45, 7) is 3.54. The van der Waals surface area contributed by atoms with Gasteiger partial charge in [-0.1, -0.05) is 36.4 Å². The highest BCUT2D eigenvalue weighted by Crippen LogP contribution is 2.27. The van der Waals surface area contributed by atoms with Crippen LogP contribution in [0.1, 0.15) is 23.6 Å². The fraction of sp³-hybridized carbons (Fsp3) is 0.174. The van der Waals surface area contributed by atoms with Crippen LogP contribution in [0.5, 0.6) is 11.5 Å². The first kappa shape index (κ1) is 19.1. The molecule has 3 rings (SSSR count). The van der Waals surface area contributed by atoms with E-state index in [0.717, 1.165) is 11.5 Å². The van der Waals surface area contributed by atoms with Crippen molar-refractivity contribution in [2.45, 2.75) is 30.2 Å². The Balaban J connectivity index is 1.87. The minimum Gasteiger partial charge on any atom is -0.508 e. The zero-order valence-electron chi connectivity index (χ0n) is 15.5. The molecule has 3 aromatic carbocycles. The zero-order chi connectivity index (χ0) is 19.2. The molecule has 0 aromatic heterocycles. The van der Waals surface area contributed by atoms with Crippen LogP contribution >= 0.6 is 0 Å². The van der Waals surface area contributed by atoms with Crippen molar-refractivity contribution in [2.75, 3.05) is 0 Å². The second kappa shape index (κ2) is 8.78. The molecule has 0 saturated carbocycles. The number of carbonyl (C=O) groups is 1. The van der Waals surface area contributed by atoms with Crippen LogP contribution in [-0.4, -0.2) is 11.1 Å². The summed E-state index contributed by atoms with van der Waals surface area (Å²) < 4.78 is 5.15. The molecule has 0 amide bonds. The summed E-state index contributed by atoms with van der Waals surface area (Å²) in [6.07, 6.45) is 0. The number of aryl methyl sites for hydroxylation is 1. The fourth-order valence-electron chi connectivity index (χ4n) is 2.84. The van der Waals surface area contributed by atoms with E-state index >= 15 is 0 Å². The standard InChI is InChI=1S/C23H22O3S/c1-17-5-3-4-6-20(17)16-27(15-19-7-9-21(25)10-8-19)23-13-11-22(12-14-23)26-18(2)24/h3-14H,15-16H2,1-2H3/p+1. The van der Waals surface area contributed by atoms with Gasteiger partial charge >= 0.3 is 5.97 Å². The number of phenols is 1. The zero-order valence-corrected chi connectivity index (χ0v) is 16.3. The number of benzene rings is 3. The Hall–Kier alpha value is -2.72. The predicted octanol–water partition coefficient (Wildman–Crippen LogP) is 5.00. The first-order valence-corrected chi connectivity index (χ1v) is 10.4. The lowest BCUT2D eigenvalue weighted by Crippen LogP contribution is -2.11. The number of hydrogen-bond donors (Lipinski definition) is 1. The normalized spacial score (nSPS) is 11.8. The van der Waals surface area contributed by atoms with Gasteiger partial charge in [0.25, 0.3) is 0 Å². The summed E-state index contributed by atoms with van der Waals surface area (Å²) >= 11 is 0. The smallest absolute Gasteiger partial charge is 0.308 e. The van der Waals surface area contributed by atoms with Gasteiger partial charge in [0.05, 0.1) is 0 Å². The van der Waals surface area contributed by atoms with Crippen molar-refractivity contribution in [3.05, 3.63) is 89.5 Å². The van der Waals surface area contributed by atoms with Crippen molar-refractivity contribution in [3.63, 3.8) is 0 Å². The monoisotopic (exact) mass is 379 g/mol. The van der Waals surface area contributed by atoms with E-state index in [1.54, 1.807) is 12.1 Å². The number of phenolic OH excluding ortho intramolecular Hbond substituents is 1. The van der Waals surface area contributed by atoms with E-state index in [1.165, 1.54) is 28.5 Å². The molecule has 0 aliphatic heterocycles. The SMILES string of the molecule is CC(=O)Oc1ccc([S+](Cc2ccc(O)cc2)Cc2ccccc2C)cc1. The number of hydrogen-bond acceptors (Lipinski definition) is 3. The van der Waals surface area contributed by atoms with E-state index in [0.29, 0.717) is 5.75 Å². The van der Waals surface area contributed by atoms with Crippen LogP contribution in [-0.2, 0) is 27.2 Å². The summed E-state index contributed by atoms with van der Waals surface area (Å²) in [5.74, 6) is 2.37. The average molecular weight is 380 g/mol. The van der Waals surface area contributed by atoms with Gasteiger partial charge in [0, 0.05) is 28.9 Å². The van der Waals surface area contributed by atoms with Crippen LogP contribution in [0.25, 0.3) is 0 Å². The van der Waals surface area contributed by atoms with Gasteiger partial charge in [-0.3, -0.25) is 4.79 Å². The maximum atomic E-state index is 11.1. The molecule has 3 nitrogen and oxygen atoms in total. The Morgan fingerprint density at radius 1 is 0.926 bits per heavy atom. The minimum atomic E-state index is -0.314. The largest absolute Gasteiger partial charge is 0.508 e. The summed E-state index contributed by atoms with van der Waals surface area (Å²) in [6, 6.07) is 23.7. The van der Waals surface area contributed by atoms with Crippen LogP contribution in [0, 0.1) is 6.92 Å². The lowest BCUT2D eigenvalue weighted by Gasteiger charge is -2.11. The molecular weight excluding hydrogens is 356 g/mol. The van der Waals surface area contributed by atoms with Gasteiger partial charge in [-0.05, 0) is 48.9 Å². The summed E-state index contributed by atoms with van der Waals surface area (Å²) in [5, 5.41) is 9.54. The van der Waals surface area contributed by atoms with Gasteiger partial charge < -0.3 is 9.84 Å². The number of carbonyl (C=O) groups excluding carboxylic acids is 1. The van der Waals surface area contributed by atoms with Crippen molar-refractivity contribution < 1.29 is 14.6 Å². The third-order valence-corrected chi connectivity index (χ3v) is 6.57. The first-order valence-electron chi connectivity index (χ1n) is 8.79. The quantitative estimate of drug-likeness (QED) is 0.372. The van der Waals surface area contributed by atoms with Crippen molar-refractivity contribution >= 4 is 16.9 Å². The van der Waals surface area contributed by atoms with Crippen LogP contribution in [0.2, 0.25) is 0 Å². The van der Waals surface area contributed by atoms with Crippen molar-refractivity contribution in [3.8, 4) is 11.5 Å². The number of esters is 1. The Bertz CT molecular complexity index is 902. The maximum absolute atomic E-state index is 11.1. The molecule has 0 aliphatic carbocycles. The highest BCUT2D eigenvalue weighted by atomic mass is 32.2. The third kappa shape index (κ3) is 5.38. The van der Waals surface area contributed by atoms with Gasteiger partial charge in [-0.25, -0.2) is 0 Å². The summed E-state index contributed by atoms with van der Waals surface area (Å²) in [4.78, 5) is 12.4. The van der Waals surface area contributed by atoms with E-state index in [2.05, 4.69) is 31.2 Å². The molecule has 0 fully saturated rings. The highest BCUT2D eigenvalue weighted by Gasteiger charge is 2.24. The molecular formula is C23H23O3S+.